The van der Waals surface area contributed by atoms with Gasteiger partial charge < -0.3 is 4.74 Å². The van der Waals surface area contributed by atoms with Crippen molar-refractivity contribution in [1.29, 1.82) is 0 Å². The average molecular weight is 319 g/mol. The number of hydrogen-bond acceptors (Lipinski definition) is 6. The van der Waals surface area contributed by atoms with Gasteiger partial charge >= 0.3 is 0 Å². The average Bonchev–Trinajstić information content (AvgIpc) is 2.88. The summed E-state index contributed by atoms with van der Waals surface area (Å²) in [5.41, 5.74) is 0.718. The molecule has 0 amide bonds. The van der Waals surface area contributed by atoms with Gasteiger partial charge in [-0.2, -0.15) is 4.98 Å². The summed E-state index contributed by atoms with van der Waals surface area (Å²) in [6, 6.07) is 6.26. The van der Waals surface area contributed by atoms with E-state index in [1.54, 1.807) is 31.5 Å². The molecule has 0 spiro atoms. The number of aryl methyl sites for hydroxylation is 1. The van der Waals surface area contributed by atoms with Gasteiger partial charge in [0.2, 0.25) is 0 Å². The van der Waals surface area contributed by atoms with Crippen molar-refractivity contribution >= 4 is 21.7 Å². The van der Waals surface area contributed by atoms with Crippen molar-refractivity contribution in [3.8, 4) is 5.75 Å². The van der Waals surface area contributed by atoms with Crippen LogP contribution in [0.1, 0.15) is 5.56 Å². The minimum Gasteiger partial charge on any atom is -0.496 e. The first-order chi connectivity index (χ1) is 10.5. The summed E-state index contributed by atoms with van der Waals surface area (Å²) in [6.45, 7) is 1.77. The summed E-state index contributed by atoms with van der Waals surface area (Å²) in [6.07, 6.45) is 3.18. The summed E-state index contributed by atoms with van der Waals surface area (Å²) >= 11 is 0. The van der Waals surface area contributed by atoms with Gasteiger partial charge in [-0.05, 0) is 36.8 Å². The van der Waals surface area contributed by atoms with Crippen LogP contribution in [0.5, 0.6) is 5.75 Å². The van der Waals surface area contributed by atoms with Crippen molar-refractivity contribution in [3.63, 3.8) is 0 Å². The maximum Gasteiger partial charge on any atom is 0.264 e. The lowest BCUT2D eigenvalue weighted by molar-refractivity contribution is 0.411. The number of rotatable bonds is 4. The molecule has 0 radical (unpaired) electrons. The van der Waals surface area contributed by atoms with E-state index in [0.29, 0.717) is 11.5 Å². The van der Waals surface area contributed by atoms with Gasteiger partial charge in [-0.15, -0.1) is 5.10 Å². The number of anilines is 1. The molecule has 1 N–H and O–H groups in total. The lowest BCUT2D eigenvalue weighted by Gasteiger charge is -2.08. The van der Waals surface area contributed by atoms with Crippen molar-refractivity contribution in [2.45, 2.75) is 11.8 Å². The second kappa shape index (κ2) is 5.26. The van der Waals surface area contributed by atoms with E-state index in [1.807, 2.05) is 0 Å². The van der Waals surface area contributed by atoms with E-state index < -0.39 is 10.0 Å². The Bertz CT molecular complexity index is 903. The SMILES string of the molecule is COc1ccc(S(=O)(=O)Nc2nc3ncccn3n2)cc1C. The van der Waals surface area contributed by atoms with E-state index in [-0.39, 0.29) is 10.8 Å². The Morgan fingerprint density at radius 3 is 2.82 bits per heavy atom. The number of methoxy groups -OCH3 is 1. The van der Waals surface area contributed by atoms with Crippen molar-refractivity contribution in [1.82, 2.24) is 19.6 Å². The number of nitrogens with one attached hydrogen (secondary N) is 1. The second-order valence-electron chi connectivity index (χ2n) is 4.54. The quantitative estimate of drug-likeness (QED) is 0.777. The van der Waals surface area contributed by atoms with E-state index >= 15 is 0 Å². The zero-order valence-electron chi connectivity index (χ0n) is 11.9. The molecule has 0 aliphatic heterocycles. The van der Waals surface area contributed by atoms with Crippen LogP contribution >= 0.6 is 0 Å². The topological polar surface area (TPSA) is 98.5 Å². The van der Waals surface area contributed by atoms with Crippen molar-refractivity contribution in [3.05, 3.63) is 42.2 Å². The van der Waals surface area contributed by atoms with Gasteiger partial charge in [-0.25, -0.2) is 22.6 Å². The number of fused-ring (bicyclic) bond motifs is 1. The Morgan fingerprint density at radius 1 is 1.32 bits per heavy atom. The zero-order chi connectivity index (χ0) is 15.7. The van der Waals surface area contributed by atoms with E-state index in [1.165, 1.54) is 23.8 Å². The minimum atomic E-state index is -3.78. The molecule has 8 nitrogen and oxygen atoms in total. The molecule has 0 aliphatic carbocycles. The standard InChI is InChI=1S/C13H13N5O3S/c1-9-8-10(4-5-11(9)21-2)22(19,20)17-12-15-13-14-6-3-7-18(13)16-12/h3-8H,1-2H3,(H,16,17). The Hall–Kier alpha value is -2.68. The molecule has 3 aromatic rings. The molecular weight excluding hydrogens is 306 g/mol. The van der Waals surface area contributed by atoms with Gasteiger partial charge in [0.1, 0.15) is 5.75 Å². The van der Waals surface area contributed by atoms with Crippen LogP contribution in [-0.2, 0) is 10.0 Å². The molecule has 22 heavy (non-hydrogen) atoms. The number of nitrogens with zero attached hydrogens (tertiary/aromatic N) is 4. The molecule has 2 aromatic heterocycles. The van der Waals surface area contributed by atoms with Crippen molar-refractivity contribution in [2.75, 3.05) is 11.8 Å². The van der Waals surface area contributed by atoms with Crippen LogP contribution in [0.3, 0.4) is 0 Å². The fraction of sp³-hybridized carbons (Fsp3) is 0.154. The summed E-state index contributed by atoms with van der Waals surface area (Å²) < 4.78 is 33.6. The third-order valence-corrected chi connectivity index (χ3v) is 4.34. The normalized spacial score (nSPS) is 11.5. The third kappa shape index (κ3) is 2.58. The van der Waals surface area contributed by atoms with Gasteiger partial charge in [-0.1, -0.05) is 0 Å². The van der Waals surface area contributed by atoms with E-state index in [9.17, 15) is 8.42 Å². The highest BCUT2D eigenvalue weighted by molar-refractivity contribution is 7.92. The lowest BCUT2D eigenvalue weighted by Crippen LogP contribution is -2.14. The highest BCUT2D eigenvalue weighted by atomic mass is 32.2. The first-order valence-corrected chi connectivity index (χ1v) is 7.83. The minimum absolute atomic E-state index is 0.0350. The summed E-state index contributed by atoms with van der Waals surface area (Å²) in [5.74, 6) is 0.896. The molecule has 0 atom stereocenters. The number of ether oxygens (including phenoxy) is 1. The number of benzene rings is 1. The van der Waals surface area contributed by atoms with Crippen LogP contribution in [0.25, 0.3) is 5.78 Å². The Kier molecular flexibility index (Phi) is 3.41. The molecule has 114 valence electrons. The number of hydrogen-bond donors (Lipinski definition) is 1. The Balaban J connectivity index is 1.94. The summed E-state index contributed by atoms with van der Waals surface area (Å²) in [4.78, 5) is 8.09. The van der Waals surface area contributed by atoms with E-state index in [2.05, 4.69) is 19.8 Å². The molecule has 3 rings (SSSR count). The van der Waals surface area contributed by atoms with Crippen LogP contribution in [-0.4, -0.2) is 35.1 Å². The van der Waals surface area contributed by atoms with Gasteiger partial charge in [0.05, 0.1) is 12.0 Å². The number of sulfonamides is 1. The first-order valence-electron chi connectivity index (χ1n) is 6.34. The summed E-state index contributed by atoms with van der Waals surface area (Å²) in [7, 11) is -2.25. The Morgan fingerprint density at radius 2 is 2.14 bits per heavy atom. The largest absolute Gasteiger partial charge is 0.496 e. The van der Waals surface area contributed by atoms with Crippen LogP contribution in [0.4, 0.5) is 5.95 Å². The van der Waals surface area contributed by atoms with Crippen LogP contribution in [0, 0.1) is 6.92 Å². The van der Waals surface area contributed by atoms with E-state index in [4.69, 9.17) is 4.74 Å². The maximum absolute atomic E-state index is 12.4. The van der Waals surface area contributed by atoms with Gasteiger partial charge in [-0.3, -0.25) is 0 Å². The second-order valence-corrected chi connectivity index (χ2v) is 6.22. The molecule has 1 aromatic carbocycles. The fourth-order valence-corrected chi connectivity index (χ4v) is 3.00. The first kappa shape index (κ1) is 14.3. The van der Waals surface area contributed by atoms with Gasteiger partial charge in [0.15, 0.2) is 0 Å². The predicted octanol–water partition coefficient (Wildman–Crippen LogP) is 1.24. The zero-order valence-corrected chi connectivity index (χ0v) is 12.7. The predicted molar refractivity (Wildman–Crippen MR) is 79.3 cm³/mol. The highest BCUT2D eigenvalue weighted by Crippen LogP contribution is 2.22. The van der Waals surface area contributed by atoms with Crippen molar-refractivity contribution in [2.24, 2.45) is 0 Å². The molecule has 0 fully saturated rings. The molecule has 0 bridgehead atoms. The molecule has 0 saturated heterocycles. The van der Waals surface area contributed by atoms with Crippen LogP contribution < -0.4 is 9.46 Å². The molecule has 9 heteroatoms. The summed E-state index contributed by atoms with van der Waals surface area (Å²) in [5, 5.41) is 4.01. The van der Waals surface area contributed by atoms with Crippen molar-refractivity contribution < 1.29 is 13.2 Å². The Labute approximate surface area is 126 Å². The molecule has 0 aliphatic rings. The highest BCUT2D eigenvalue weighted by Gasteiger charge is 2.18. The molecule has 2 heterocycles. The van der Waals surface area contributed by atoms with Gasteiger partial charge in [0.25, 0.3) is 21.7 Å². The molecular formula is C13H13N5O3S. The molecule has 0 saturated carbocycles. The third-order valence-electron chi connectivity index (χ3n) is 3.02. The fourth-order valence-electron chi connectivity index (χ4n) is 1.97. The van der Waals surface area contributed by atoms with Crippen LogP contribution in [0.15, 0.2) is 41.6 Å². The smallest absolute Gasteiger partial charge is 0.264 e. The maximum atomic E-state index is 12.4. The van der Waals surface area contributed by atoms with Crippen LogP contribution in [0.2, 0.25) is 0 Å². The van der Waals surface area contributed by atoms with Gasteiger partial charge in [0, 0.05) is 12.4 Å². The van der Waals surface area contributed by atoms with E-state index in [0.717, 1.165) is 5.56 Å². The monoisotopic (exact) mass is 319 g/mol. The number of aromatic nitrogens is 4. The molecule has 0 unspecified atom stereocenters. The lowest BCUT2D eigenvalue weighted by atomic mass is 10.2.